The molecular formula is C11H24NO4PS2. The average Bonchev–Trinajstić information content (AvgIpc) is 2.38. The minimum atomic E-state index is -2.28. The van der Waals surface area contributed by atoms with E-state index in [1.54, 1.807) is 0 Å². The molecule has 1 aliphatic rings. The van der Waals surface area contributed by atoms with E-state index in [9.17, 15) is 5.11 Å². The summed E-state index contributed by atoms with van der Waals surface area (Å²) in [6.07, 6.45) is -0.411. The Morgan fingerprint density at radius 2 is 1.89 bits per heavy atom. The van der Waals surface area contributed by atoms with E-state index in [2.05, 4.69) is 4.90 Å². The van der Waals surface area contributed by atoms with E-state index in [4.69, 9.17) is 25.6 Å². The summed E-state index contributed by atoms with van der Waals surface area (Å²) in [7, 11) is 0. The van der Waals surface area contributed by atoms with Gasteiger partial charge in [0, 0.05) is 25.4 Å². The van der Waals surface area contributed by atoms with E-state index in [0.717, 1.165) is 26.3 Å². The molecule has 1 fully saturated rings. The molecule has 0 bridgehead atoms. The third kappa shape index (κ3) is 7.39. The number of morpholine rings is 1. The standard InChI is InChI=1S/C11H24NO4PS2/c1-3-15-17(18,16-4-2)19-10-11(13)9-12-5-7-14-8-6-12/h11,13H,3-10H2,1-2H3. The first-order valence-electron chi connectivity index (χ1n) is 6.61. The van der Waals surface area contributed by atoms with Crippen LogP contribution in [0.1, 0.15) is 13.8 Å². The lowest BCUT2D eigenvalue weighted by Crippen LogP contribution is -2.41. The SMILES string of the molecule is CCOP(=S)(OCC)SCC(O)CN1CCOCC1. The van der Waals surface area contributed by atoms with Gasteiger partial charge in [-0.25, -0.2) is 0 Å². The van der Waals surface area contributed by atoms with Crippen molar-refractivity contribution in [1.29, 1.82) is 0 Å². The summed E-state index contributed by atoms with van der Waals surface area (Å²) < 4.78 is 16.3. The van der Waals surface area contributed by atoms with Gasteiger partial charge in [0.15, 0.2) is 0 Å². The Hall–Kier alpha value is 0.800. The van der Waals surface area contributed by atoms with Crippen molar-refractivity contribution in [3.63, 3.8) is 0 Å². The van der Waals surface area contributed by atoms with Crippen molar-refractivity contribution in [2.45, 2.75) is 20.0 Å². The maximum atomic E-state index is 10.1. The molecule has 0 aromatic rings. The zero-order valence-corrected chi connectivity index (χ0v) is 14.1. The molecule has 8 heteroatoms. The first-order valence-corrected chi connectivity index (χ1v) is 10.8. The molecule has 1 unspecified atom stereocenters. The summed E-state index contributed by atoms with van der Waals surface area (Å²) in [4.78, 5) is 2.21. The molecule has 0 saturated carbocycles. The van der Waals surface area contributed by atoms with Crippen LogP contribution in [0, 0.1) is 0 Å². The zero-order chi connectivity index (χ0) is 14.1. The Morgan fingerprint density at radius 1 is 1.32 bits per heavy atom. The van der Waals surface area contributed by atoms with Gasteiger partial charge in [-0.2, -0.15) is 0 Å². The van der Waals surface area contributed by atoms with Gasteiger partial charge >= 0.3 is 0 Å². The van der Waals surface area contributed by atoms with E-state index in [-0.39, 0.29) is 0 Å². The Labute approximate surface area is 124 Å². The summed E-state index contributed by atoms with van der Waals surface area (Å²) in [5, 5.41) is 10.1. The number of nitrogens with zero attached hydrogens (tertiary/aromatic N) is 1. The minimum Gasteiger partial charge on any atom is -0.391 e. The summed E-state index contributed by atoms with van der Waals surface area (Å²) in [6, 6.07) is 0. The Bertz CT molecular complexity index is 280. The van der Waals surface area contributed by atoms with E-state index >= 15 is 0 Å². The van der Waals surface area contributed by atoms with E-state index in [1.165, 1.54) is 11.4 Å². The first-order chi connectivity index (χ1) is 9.09. The predicted molar refractivity (Wildman–Crippen MR) is 83.3 cm³/mol. The van der Waals surface area contributed by atoms with Crippen LogP contribution < -0.4 is 0 Å². The Kier molecular flexibility index (Phi) is 9.10. The molecule has 1 rings (SSSR count). The fourth-order valence-corrected chi connectivity index (χ4v) is 6.38. The molecule has 0 spiro atoms. The molecule has 0 aromatic carbocycles. The molecule has 0 aliphatic carbocycles. The maximum Gasteiger partial charge on any atom is 0.247 e. The van der Waals surface area contributed by atoms with Crippen LogP contribution in [0.25, 0.3) is 0 Å². The van der Waals surface area contributed by atoms with Crippen LogP contribution in [0.5, 0.6) is 0 Å². The normalized spacial score (nSPS) is 19.5. The number of β-amino-alcohol motifs (C(OH)–C–C–N with tert-alkyl or cyclic N) is 1. The number of aliphatic hydroxyl groups excluding tert-OH is 1. The van der Waals surface area contributed by atoms with Crippen LogP contribution in [0.3, 0.4) is 0 Å². The second-order valence-electron chi connectivity index (χ2n) is 4.15. The molecule has 1 heterocycles. The lowest BCUT2D eigenvalue weighted by molar-refractivity contribution is 0.0188. The highest BCUT2D eigenvalue weighted by Gasteiger charge is 2.22. The van der Waals surface area contributed by atoms with Crippen LogP contribution >= 0.6 is 17.1 Å². The highest BCUT2D eigenvalue weighted by atomic mass is 32.9. The van der Waals surface area contributed by atoms with Gasteiger partial charge in [0.05, 0.1) is 32.5 Å². The van der Waals surface area contributed by atoms with Crippen LogP contribution in [0.15, 0.2) is 0 Å². The minimum absolute atomic E-state index is 0.411. The molecule has 114 valence electrons. The van der Waals surface area contributed by atoms with Crippen molar-refractivity contribution in [2.24, 2.45) is 0 Å². The van der Waals surface area contributed by atoms with Crippen molar-refractivity contribution in [3.05, 3.63) is 0 Å². The van der Waals surface area contributed by atoms with Gasteiger partial charge in [-0.1, -0.05) is 11.4 Å². The van der Waals surface area contributed by atoms with E-state index in [0.29, 0.717) is 25.5 Å². The van der Waals surface area contributed by atoms with Gasteiger partial charge in [-0.15, -0.1) is 0 Å². The molecule has 1 saturated heterocycles. The Balaban J connectivity index is 2.30. The van der Waals surface area contributed by atoms with Gasteiger partial charge < -0.3 is 18.9 Å². The molecule has 1 atom stereocenters. The smallest absolute Gasteiger partial charge is 0.247 e. The summed E-state index contributed by atoms with van der Waals surface area (Å²) in [5.41, 5.74) is -2.28. The van der Waals surface area contributed by atoms with E-state index in [1.807, 2.05) is 13.8 Å². The number of rotatable bonds is 9. The highest BCUT2D eigenvalue weighted by Crippen LogP contribution is 2.60. The van der Waals surface area contributed by atoms with Crippen LogP contribution in [0.4, 0.5) is 0 Å². The molecule has 0 radical (unpaired) electrons. The largest absolute Gasteiger partial charge is 0.391 e. The van der Waals surface area contributed by atoms with Gasteiger partial charge in [-0.05, 0) is 25.7 Å². The van der Waals surface area contributed by atoms with Crippen molar-refractivity contribution in [3.8, 4) is 0 Å². The summed E-state index contributed by atoms with van der Waals surface area (Å²) in [6.45, 7) is 8.82. The molecule has 1 N–H and O–H groups in total. The number of ether oxygens (including phenoxy) is 1. The fourth-order valence-electron chi connectivity index (χ4n) is 1.74. The van der Waals surface area contributed by atoms with Crippen molar-refractivity contribution in [1.82, 2.24) is 4.90 Å². The first kappa shape index (κ1) is 17.9. The third-order valence-electron chi connectivity index (χ3n) is 2.57. The topological polar surface area (TPSA) is 51.2 Å². The number of hydrogen-bond donors (Lipinski definition) is 1. The molecular weight excluding hydrogens is 305 g/mol. The highest BCUT2D eigenvalue weighted by molar-refractivity contribution is 8.67. The van der Waals surface area contributed by atoms with Gasteiger partial charge in [-0.3, -0.25) is 4.90 Å². The molecule has 1 aliphatic heterocycles. The molecule has 19 heavy (non-hydrogen) atoms. The lowest BCUT2D eigenvalue weighted by atomic mass is 10.3. The quantitative estimate of drug-likeness (QED) is 0.646. The van der Waals surface area contributed by atoms with Gasteiger partial charge in [0.1, 0.15) is 0 Å². The Morgan fingerprint density at radius 3 is 2.42 bits per heavy atom. The summed E-state index contributed by atoms with van der Waals surface area (Å²) in [5.74, 6) is 0.550. The van der Waals surface area contributed by atoms with Gasteiger partial charge in [0.25, 0.3) is 0 Å². The number of hydrogen-bond acceptors (Lipinski definition) is 7. The fraction of sp³-hybridized carbons (Fsp3) is 1.00. The zero-order valence-electron chi connectivity index (χ0n) is 11.6. The second kappa shape index (κ2) is 9.68. The molecule has 0 aromatic heterocycles. The lowest BCUT2D eigenvalue weighted by Gasteiger charge is -2.29. The van der Waals surface area contributed by atoms with E-state index < -0.39 is 11.8 Å². The van der Waals surface area contributed by atoms with Gasteiger partial charge in [0.2, 0.25) is 5.69 Å². The van der Waals surface area contributed by atoms with Crippen LogP contribution in [-0.4, -0.2) is 67.9 Å². The van der Waals surface area contributed by atoms with Crippen LogP contribution in [-0.2, 0) is 25.6 Å². The summed E-state index contributed by atoms with van der Waals surface area (Å²) >= 11 is 6.85. The van der Waals surface area contributed by atoms with Crippen molar-refractivity contribution < 1.29 is 18.9 Å². The second-order valence-corrected chi connectivity index (χ2v) is 10.5. The monoisotopic (exact) mass is 329 g/mol. The molecule has 0 amide bonds. The average molecular weight is 329 g/mol. The van der Waals surface area contributed by atoms with Crippen molar-refractivity contribution >= 4 is 28.9 Å². The third-order valence-corrected chi connectivity index (χ3v) is 8.18. The van der Waals surface area contributed by atoms with Crippen LogP contribution in [0.2, 0.25) is 0 Å². The number of aliphatic hydroxyl groups is 1. The molecule has 5 nitrogen and oxygen atoms in total. The predicted octanol–water partition coefficient (Wildman–Crippen LogP) is 1.71. The maximum absolute atomic E-state index is 10.1. The van der Waals surface area contributed by atoms with Crippen molar-refractivity contribution in [2.75, 3.05) is 51.8 Å².